The third-order valence-corrected chi connectivity index (χ3v) is 3.98. The second-order valence-corrected chi connectivity index (χ2v) is 5.66. The second-order valence-electron chi connectivity index (χ2n) is 4.81. The molecule has 0 saturated carbocycles. The maximum Gasteiger partial charge on any atom is 0.261 e. The quantitative estimate of drug-likeness (QED) is 0.717. The van der Waals surface area contributed by atoms with Crippen LogP contribution in [0.3, 0.4) is 0 Å². The molecule has 0 aliphatic heterocycles. The summed E-state index contributed by atoms with van der Waals surface area (Å²) >= 11 is 3.42. The van der Waals surface area contributed by atoms with E-state index in [9.17, 15) is 9.18 Å². The molecule has 1 heterocycles. The molecular weight excluding hydrogens is 351 g/mol. The number of fused-ring (bicyclic) bond motifs is 1. The van der Waals surface area contributed by atoms with Gasteiger partial charge in [-0.2, -0.15) is 0 Å². The van der Waals surface area contributed by atoms with Gasteiger partial charge in [0.25, 0.3) is 5.56 Å². The molecule has 0 aliphatic rings. The molecule has 4 nitrogen and oxygen atoms in total. The first kappa shape index (κ1) is 14.7. The van der Waals surface area contributed by atoms with Gasteiger partial charge in [-0.1, -0.05) is 6.07 Å². The Morgan fingerprint density at radius 3 is 2.82 bits per heavy atom. The normalized spacial score (nSPS) is 10.9. The van der Waals surface area contributed by atoms with Crippen molar-refractivity contribution in [3.05, 3.63) is 68.9 Å². The SMILES string of the molecule is COc1ccc(Cn2cnc3cc(F)ccc3c2=O)cc1Br. The zero-order valence-corrected chi connectivity index (χ0v) is 13.3. The Morgan fingerprint density at radius 1 is 1.27 bits per heavy atom. The molecule has 0 spiro atoms. The van der Waals surface area contributed by atoms with Gasteiger partial charge in [0.2, 0.25) is 0 Å². The van der Waals surface area contributed by atoms with Gasteiger partial charge in [0, 0.05) is 6.07 Å². The molecule has 3 rings (SSSR count). The summed E-state index contributed by atoms with van der Waals surface area (Å²) in [5, 5.41) is 0.400. The zero-order chi connectivity index (χ0) is 15.7. The van der Waals surface area contributed by atoms with Gasteiger partial charge in [-0.15, -0.1) is 0 Å². The smallest absolute Gasteiger partial charge is 0.261 e. The number of aromatic nitrogens is 2. The molecule has 0 radical (unpaired) electrons. The van der Waals surface area contributed by atoms with Crippen molar-refractivity contribution in [2.45, 2.75) is 6.54 Å². The van der Waals surface area contributed by atoms with E-state index in [1.165, 1.54) is 29.1 Å². The van der Waals surface area contributed by atoms with Gasteiger partial charge in [0.1, 0.15) is 11.6 Å². The van der Waals surface area contributed by atoms with Crippen LogP contribution in [0.5, 0.6) is 5.75 Å². The molecule has 1 aromatic heterocycles. The first-order valence-corrected chi connectivity index (χ1v) is 7.35. The first-order chi connectivity index (χ1) is 10.6. The molecule has 6 heteroatoms. The summed E-state index contributed by atoms with van der Waals surface area (Å²) in [6.45, 7) is 0.377. The van der Waals surface area contributed by atoms with E-state index in [0.29, 0.717) is 17.4 Å². The van der Waals surface area contributed by atoms with Crippen molar-refractivity contribution in [2.24, 2.45) is 0 Å². The highest BCUT2D eigenvalue weighted by Crippen LogP contribution is 2.25. The Kier molecular flexibility index (Phi) is 3.94. The number of hydrogen-bond donors (Lipinski definition) is 0. The lowest BCUT2D eigenvalue weighted by atomic mass is 10.2. The lowest BCUT2D eigenvalue weighted by molar-refractivity contribution is 0.412. The fourth-order valence-corrected chi connectivity index (χ4v) is 2.84. The van der Waals surface area contributed by atoms with Crippen LogP contribution in [-0.2, 0) is 6.54 Å². The van der Waals surface area contributed by atoms with Gasteiger partial charge in [-0.05, 0) is 45.8 Å². The molecule has 2 aromatic carbocycles. The first-order valence-electron chi connectivity index (χ1n) is 6.55. The Labute approximate surface area is 134 Å². The van der Waals surface area contributed by atoms with Crippen LogP contribution in [0.1, 0.15) is 5.56 Å². The van der Waals surface area contributed by atoms with E-state index >= 15 is 0 Å². The molecule has 112 valence electrons. The predicted molar refractivity (Wildman–Crippen MR) is 85.8 cm³/mol. The molecule has 0 bridgehead atoms. The average molecular weight is 363 g/mol. The Balaban J connectivity index is 2.01. The maximum atomic E-state index is 13.2. The minimum absolute atomic E-state index is 0.197. The molecule has 0 unspecified atom stereocenters. The van der Waals surface area contributed by atoms with Crippen molar-refractivity contribution in [1.82, 2.24) is 9.55 Å². The van der Waals surface area contributed by atoms with E-state index in [2.05, 4.69) is 20.9 Å². The lowest BCUT2D eigenvalue weighted by Gasteiger charge is -2.09. The highest BCUT2D eigenvalue weighted by atomic mass is 79.9. The van der Waals surface area contributed by atoms with Crippen molar-refractivity contribution >= 4 is 26.8 Å². The van der Waals surface area contributed by atoms with E-state index in [4.69, 9.17) is 4.74 Å². The minimum atomic E-state index is -0.406. The van der Waals surface area contributed by atoms with E-state index in [1.807, 2.05) is 18.2 Å². The lowest BCUT2D eigenvalue weighted by Crippen LogP contribution is -2.21. The van der Waals surface area contributed by atoms with E-state index in [1.54, 1.807) is 7.11 Å². The van der Waals surface area contributed by atoms with Crippen LogP contribution in [0.25, 0.3) is 10.9 Å². The fraction of sp³-hybridized carbons (Fsp3) is 0.125. The monoisotopic (exact) mass is 362 g/mol. The summed E-state index contributed by atoms with van der Waals surface area (Å²) in [5.41, 5.74) is 1.09. The van der Waals surface area contributed by atoms with Gasteiger partial charge in [0.05, 0.1) is 35.4 Å². The standard InChI is InChI=1S/C16H12BrFN2O2/c1-22-15-5-2-10(6-13(15)17)8-20-9-19-14-7-11(18)3-4-12(14)16(20)21/h2-7,9H,8H2,1H3. The number of benzene rings is 2. The van der Waals surface area contributed by atoms with Gasteiger partial charge in [0.15, 0.2) is 0 Å². The molecule has 0 atom stereocenters. The number of rotatable bonds is 3. The van der Waals surface area contributed by atoms with Crippen LogP contribution < -0.4 is 10.3 Å². The molecule has 0 amide bonds. The Bertz CT molecular complexity index is 908. The Morgan fingerprint density at radius 2 is 2.09 bits per heavy atom. The van der Waals surface area contributed by atoms with Gasteiger partial charge in [-0.25, -0.2) is 9.37 Å². The number of methoxy groups -OCH3 is 1. The second kappa shape index (κ2) is 5.88. The third kappa shape index (κ3) is 2.74. The van der Waals surface area contributed by atoms with Crippen LogP contribution in [-0.4, -0.2) is 16.7 Å². The number of ether oxygens (including phenoxy) is 1. The molecule has 3 aromatic rings. The van der Waals surface area contributed by atoms with Crippen LogP contribution >= 0.6 is 15.9 Å². The number of halogens is 2. The summed E-state index contributed by atoms with van der Waals surface area (Å²) in [7, 11) is 1.59. The summed E-state index contributed by atoms with van der Waals surface area (Å²) < 4.78 is 20.7. The largest absolute Gasteiger partial charge is 0.496 e. The molecule has 0 saturated heterocycles. The highest BCUT2D eigenvalue weighted by molar-refractivity contribution is 9.10. The zero-order valence-electron chi connectivity index (χ0n) is 11.7. The molecule has 0 fully saturated rings. The number of hydrogen-bond acceptors (Lipinski definition) is 3. The van der Waals surface area contributed by atoms with Crippen LogP contribution in [0.15, 0.2) is 52.0 Å². The van der Waals surface area contributed by atoms with E-state index < -0.39 is 5.82 Å². The average Bonchev–Trinajstić information content (AvgIpc) is 2.50. The summed E-state index contributed by atoms with van der Waals surface area (Å²) in [5.74, 6) is 0.319. The van der Waals surface area contributed by atoms with Crippen LogP contribution in [0.4, 0.5) is 4.39 Å². The highest BCUT2D eigenvalue weighted by Gasteiger charge is 2.07. The van der Waals surface area contributed by atoms with Crippen molar-refractivity contribution in [3.63, 3.8) is 0 Å². The summed E-state index contributed by atoms with van der Waals surface area (Å²) in [6.07, 6.45) is 1.43. The van der Waals surface area contributed by atoms with Crippen molar-refractivity contribution in [2.75, 3.05) is 7.11 Å². The fourth-order valence-electron chi connectivity index (χ4n) is 2.25. The van der Waals surface area contributed by atoms with Gasteiger partial charge in [-0.3, -0.25) is 9.36 Å². The molecule has 22 heavy (non-hydrogen) atoms. The van der Waals surface area contributed by atoms with Gasteiger partial charge >= 0.3 is 0 Å². The van der Waals surface area contributed by atoms with E-state index in [0.717, 1.165) is 15.8 Å². The van der Waals surface area contributed by atoms with Crippen molar-refractivity contribution in [3.8, 4) is 5.75 Å². The Hall–Kier alpha value is -2.21. The molecular formula is C16H12BrFN2O2. The van der Waals surface area contributed by atoms with Gasteiger partial charge < -0.3 is 4.74 Å². The van der Waals surface area contributed by atoms with Crippen molar-refractivity contribution < 1.29 is 9.13 Å². The minimum Gasteiger partial charge on any atom is -0.496 e. The van der Waals surface area contributed by atoms with E-state index in [-0.39, 0.29) is 5.56 Å². The third-order valence-electron chi connectivity index (χ3n) is 3.36. The maximum absolute atomic E-state index is 13.2. The molecule has 0 N–H and O–H groups in total. The summed E-state index contributed by atoms with van der Waals surface area (Å²) in [6, 6.07) is 9.57. The van der Waals surface area contributed by atoms with Crippen LogP contribution in [0, 0.1) is 5.82 Å². The summed E-state index contributed by atoms with van der Waals surface area (Å²) in [4.78, 5) is 16.6. The van der Waals surface area contributed by atoms with Crippen molar-refractivity contribution in [1.29, 1.82) is 0 Å². The topological polar surface area (TPSA) is 44.1 Å². The molecule has 0 aliphatic carbocycles. The van der Waals surface area contributed by atoms with Crippen LogP contribution in [0.2, 0.25) is 0 Å². The predicted octanol–water partition coefficient (Wildman–Crippen LogP) is 3.36. The number of nitrogens with zero attached hydrogens (tertiary/aromatic N) is 2.